The summed E-state index contributed by atoms with van der Waals surface area (Å²) in [5, 5.41) is 15.6. The zero-order valence-electron chi connectivity index (χ0n) is 9.47. The summed E-state index contributed by atoms with van der Waals surface area (Å²) in [6, 6.07) is 1.00. The summed E-state index contributed by atoms with van der Waals surface area (Å²) in [4.78, 5) is 21.4. The Balaban J connectivity index is 2.79. The highest BCUT2D eigenvalue weighted by molar-refractivity contribution is 7.89. The monoisotopic (exact) mass is 276 g/mol. The predicted molar refractivity (Wildman–Crippen MR) is 59.4 cm³/mol. The fourth-order valence-electron chi connectivity index (χ4n) is 1.23. The molecule has 0 fully saturated rings. The van der Waals surface area contributed by atoms with Crippen molar-refractivity contribution < 1.29 is 27.5 Å². The predicted octanol–water partition coefficient (Wildman–Crippen LogP) is -0.560. The van der Waals surface area contributed by atoms with Crippen molar-refractivity contribution in [2.75, 3.05) is 6.54 Å². The fraction of sp³-hybridized carbons (Fsp3) is 0.333. The Morgan fingerprint density at radius 3 is 2.56 bits per heavy atom. The highest BCUT2D eigenvalue weighted by Crippen LogP contribution is 2.18. The van der Waals surface area contributed by atoms with Crippen LogP contribution in [0.2, 0.25) is 0 Å². The van der Waals surface area contributed by atoms with Crippen molar-refractivity contribution in [3.8, 4) is 0 Å². The van der Waals surface area contributed by atoms with Gasteiger partial charge < -0.3 is 14.8 Å². The van der Waals surface area contributed by atoms with E-state index in [-0.39, 0.29) is 29.4 Å². The van der Waals surface area contributed by atoms with Crippen LogP contribution in [-0.2, 0) is 14.8 Å². The SMILES string of the molecule is Cc1oc(C(=O)NCCC(=O)O)cc1S(N)(=O)=O. The van der Waals surface area contributed by atoms with Crippen LogP contribution in [0.1, 0.15) is 22.7 Å². The van der Waals surface area contributed by atoms with Gasteiger partial charge in [-0.2, -0.15) is 0 Å². The number of hydrogen-bond acceptors (Lipinski definition) is 5. The van der Waals surface area contributed by atoms with Crippen LogP contribution in [0.5, 0.6) is 0 Å². The molecule has 0 aliphatic rings. The lowest BCUT2D eigenvalue weighted by atomic mass is 10.4. The van der Waals surface area contributed by atoms with Crippen LogP contribution < -0.4 is 10.5 Å². The number of carboxylic acids is 1. The normalized spacial score (nSPS) is 11.2. The molecule has 1 amide bonds. The minimum Gasteiger partial charge on any atom is -0.481 e. The van der Waals surface area contributed by atoms with E-state index in [4.69, 9.17) is 14.7 Å². The molecule has 1 rings (SSSR count). The molecule has 0 aliphatic heterocycles. The summed E-state index contributed by atoms with van der Waals surface area (Å²) in [5.74, 6) is -1.99. The highest BCUT2D eigenvalue weighted by Gasteiger charge is 2.20. The van der Waals surface area contributed by atoms with Gasteiger partial charge in [-0.15, -0.1) is 0 Å². The van der Waals surface area contributed by atoms with E-state index < -0.39 is 21.9 Å². The molecule has 1 heterocycles. The van der Waals surface area contributed by atoms with Crippen molar-refractivity contribution in [3.05, 3.63) is 17.6 Å². The number of rotatable bonds is 5. The van der Waals surface area contributed by atoms with Gasteiger partial charge >= 0.3 is 5.97 Å². The Bertz CT molecular complexity index is 574. The Morgan fingerprint density at radius 2 is 2.11 bits per heavy atom. The smallest absolute Gasteiger partial charge is 0.305 e. The lowest BCUT2D eigenvalue weighted by molar-refractivity contribution is -0.136. The standard InChI is InChI=1S/C9H12N2O6S/c1-5-7(18(10,15)16)4-6(17-5)9(14)11-3-2-8(12)13/h4H,2-3H2,1H3,(H,11,14)(H,12,13)(H2,10,15,16). The minimum atomic E-state index is -3.95. The quantitative estimate of drug-likeness (QED) is 0.658. The molecule has 4 N–H and O–H groups in total. The molecule has 0 saturated heterocycles. The van der Waals surface area contributed by atoms with Crippen LogP contribution in [0.15, 0.2) is 15.4 Å². The van der Waals surface area contributed by atoms with Gasteiger partial charge in [0.2, 0.25) is 10.0 Å². The number of carbonyl (C=O) groups excluding carboxylic acids is 1. The van der Waals surface area contributed by atoms with E-state index in [9.17, 15) is 18.0 Å². The first-order chi connectivity index (χ1) is 8.21. The van der Waals surface area contributed by atoms with Gasteiger partial charge in [0.05, 0.1) is 6.42 Å². The summed E-state index contributed by atoms with van der Waals surface area (Å²) in [6.45, 7) is 1.27. The van der Waals surface area contributed by atoms with Gasteiger partial charge in [-0.25, -0.2) is 13.6 Å². The van der Waals surface area contributed by atoms with E-state index in [2.05, 4.69) is 5.32 Å². The van der Waals surface area contributed by atoms with Gasteiger partial charge in [0.1, 0.15) is 10.7 Å². The molecule has 1 aromatic rings. The fourth-order valence-corrected chi connectivity index (χ4v) is 1.94. The number of aliphatic carboxylic acids is 1. The second-order valence-electron chi connectivity index (χ2n) is 3.48. The molecular formula is C9H12N2O6S. The lowest BCUT2D eigenvalue weighted by Gasteiger charge is -1.99. The van der Waals surface area contributed by atoms with E-state index in [0.29, 0.717) is 0 Å². The molecule has 0 atom stereocenters. The Labute approximate surface area is 103 Å². The highest BCUT2D eigenvalue weighted by atomic mass is 32.2. The largest absolute Gasteiger partial charge is 0.481 e. The molecule has 0 saturated carbocycles. The first-order valence-electron chi connectivity index (χ1n) is 4.85. The molecule has 0 bridgehead atoms. The van der Waals surface area contributed by atoms with Gasteiger partial charge in [-0.3, -0.25) is 9.59 Å². The second-order valence-corrected chi connectivity index (χ2v) is 5.01. The van der Waals surface area contributed by atoms with Crippen LogP contribution in [0.3, 0.4) is 0 Å². The van der Waals surface area contributed by atoms with Gasteiger partial charge in [0.25, 0.3) is 5.91 Å². The maximum atomic E-state index is 11.5. The lowest BCUT2D eigenvalue weighted by Crippen LogP contribution is -2.25. The second kappa shape index (κ2) is 5.19. The molecule has 0 unspecified atom stereocenters. The molecule has 0 aliphatic carbocycles. The number of aryl methyl sites for hydroxylation is 1. The van der Waals surface area contributed by atoms with E-state index in [1.165, 1.54) is 6.92 Å². The maximum Gasteiger partial charge on any atom is 0.305 e. The van der Waals surface area contributed by atoms with Crippen molar-refractivity contribution in [2.45, 2.75) is 18.2 Å². The molecular weight excluding hydrogens is 264 g/mol. The van der Waals surface area contributed by atoms with E-state index in [1.807, 2.05) is 0 Å². The Morgan fingerprint density at radius 1 is 1.50 bits per heavy atom. The molecule has 100 valence electrons. The van der Waals surface area contributed by atoms with Crippen molar-refractivity contribution >= 4 is 21.9 Å². The van der Waals surface area contributed by atoms with Crippen LogP contribution in [0, 0.1) is 6.92 Å². The number of primary sulfonamides is 1. The number of sulfonamides is 1. The van der Waals surface area contributed by atoms with Crippen molar-refractivity contribution in [1.29, 1.82) is 0 Å². The molecule has 18 heavy (non-hydrogen) atoms. The van der Waals surface area contributed by atoms with Crippen molar-refractivity contribution in [2.24, 2.45) is 5.14 Å². The van der Waals surface area contributed by atoms with Crippen molar-refractivity contribution in [3.63, 3.8) is 0 Å². The first kappa shape index (κ1) is 14.2. The summed E-state index contributed by atoms with van der Waals surface area (Å²) in [7, 11) is -3.95. The number of hydrogen-bond donors (Lipinski definition) is 3. The Kier molecular flexibility index (Phi) is 4.09. The molecule has 1 aromatic heterocycles. The first-order valence-corrected chi connectivity index (χ1v) is 6.39. The van der Waals surface area contributed by atoms with Crippen LogP contribution >= 0.6 is 0 Å². The molecule has 8 nitrogen and oxygen atoms in total. The topological polar surface area (TPSA) is 140 Å². The summed E-state index contributed by atoms with van der Waals surface area (Å²) >= 11 is 0. The van der Waals surface area contributed by atoms with Gasteiger partial charge in [0.15, 0.2) is 5.76 Å². The molecule has 9 heteroatoms. The summed E-state index contributed by atoms with van der Waals surface area (Å²) in [5.41, 5.74) is 0. The zero-order chi connectivity index (χ0) is 13.9. The van der Waals surface area contributed by atoms with Crippen LogP contribution in [-0.4, -0.2) is 31.9 Å². The van der Waals surface area contributed by atoms with Gasteiger partial charge in [-0.1, -0.05) is 0 Å². The molecule has 0 radical (unpaired) electrons. The minimum absolute atomic E-state index is 0.000819. The van der Waals surface area contributed by atoms with Gasteiger partial charge in [-0.05, 0) is 6.92 Å². The summed E-state index contributed by atoms with van der Waals surface area (Å²) in [6.07, 6.45) is -0.243. The maximum absolute atomic E-state index is 11.5. The zero-order valence-corrected chi connectivity index (χ0v) is 10.3. The number of carbonyl (C=O) groups is 2. The third kappa shape index (κ3) is 3.57. The van der Waals surface area contributed by atoms with E-state index in [1.54, 1.807) is 0 Å². The third-order valence-corrected chi connectivity index (χ3v) is 3.05. The number of nitrogens with one attached hydrogen (secondary N) is 1. The van der Waals surface area contributed by atoms with E-state index in [0.717, 1.165) is 6.07 Å². The molecule has 0 aromatic carbocycles. The number of nitrogens with two attached hydrogens (primary N) is 1. The van der Waals surface area contributed by atoms with Crippen molar-refractivity contribution in [1.82, 2.24) is 5.32 Å². The average Bonchev–Trinajstić information content (AvgIpc) is 2.59. The van der Waals surface area contributed by atoms with Gasteiger partial charge in [0, 0.05) is 12.6 Å². The number of amides is 1. The number of carboxylic acid groups (broad SMARTS) is 1. The van der Waals surface area contributed by atoms with Crippen LogP contribution in [0.25, 0.3) is 0 Å². The summed E-state index contributed by atoms with van der Waals surface area (Å²) < 4.78 is 27.1. The third-order valence-electron chi connectivity index (χ3n) is 2.03. The Hall–Kier alpha value is -1.87. The average molecular weight is 276 g/mol. The number of furan rings is 1. The molecule has 0 spiro atoms. The van der Waals surface area contributed by atoms with E-state index >= 15 is 0 Å². The van der Waals surface area contributed by atoms with Crippen LogP contribution in [0.4, 0.5) is 0 Å².